The lowest BCUT2D eigenvalue weighted by Gasteiger charge is -2.15. The summed E-state index contributed by atoms with van der Waals surface area (Å²) >= 11 is 27.8. The monoisotopic (exact) mass is 1100 g/mol. The second kappa shape index (κ2) is 11.8. The molecule has 0 spiro atoms. The number of nitrogens with zero attached hydrogens (tertiary/aromatic N) is 4. The minimum absolute atomic E-state index is 0.156. The lowest BCUT2D eigenvalue weighted by atomic mass is 9.96. The molecule has 1 aromatic rings. The molecule has 5 heterocycles. The standard InChI is InChI=1S/C26H3Br8F5N4/c27-12-4-1-5-13(28)15(30)7(41-5)3-9-17(32)19(34)26(43-9)11(10-20(35)22(37)24(39)23(38)21(10)36)25-18(33)16(31)8(42-25)2-6(40-4)14(12)29/h1-3H. The Morgan fingerprint density at radius 2 is 0.767 bits per heavy atom. The van der Waals surface area contributed by atoms with Gasteiger partial charge in [-0.05, 0) is 146 Å². The maximum absolute atomic E-state index is 15.4. The Morgan fingerprint density at radius 3 is 1.26 bits per heavy atom. The van der Waals surface area contributed by atoms with E-state index in [9.17, 15) is 13.2 Å². The molecule has 0 atom stereocenters. The van der Waals surface area contributed by atoms with E-state index in [1.54, 1.807) is 18.2 Å². The number of rotatable bonds is 1. The third kappa shape index (κ3) is 5.15. The van der Waals surface area contributed by atoms with Gasteiger partial charge in [-0.3, -0.25) is 0 Å². The van der Waals surface area contributed by atoms with Crippen molar-refractivity contribution in [1.82, 2.24) is 0 Å². The van der Waals surface area contributed by atoms with Crippen molar-refractivity contribution in [3.05, 3.63) is 112 Å². The normalized spacial score (nSPS) is 20.3. The maximum Gasteiger partial charge on any atom is 0.200 e. The molecule has 4 nitrogen and oxygen atoms in total. The maximum atomic E-state index is 15.4. The quantitative estimate of drug-likeness (QED) is 0.153. The van der Waals surface area contributed by atoms with Gasteiger partial charge in [-0.25, -0.2) is 41.9 Å². The lowest BCUT2D eigenvalue weighted by Crippen LogP contribution is -2.13. The predicted molar refractivity (Wildman–Crippen MR) is 187 cm³/mol. The molecule has 0 N–H and O–H groups in total. The van der Waals surface area contributed by atoms with Crippen molar-refractivity contribution in [1.29, 1.82) is 0 Å². The van der Waals surface area contributed by atoms with Crippen molar-refractivity contribution in [2.75, 3.05) is 0 Å². The molecule has 6 rings (SSSR count). The number of aliphatic imine (C=N–C) groups is 4. The van der Waals surface area contributed by atoms with Crippen molar-refractivity contribution in [3.8, 4) is 0 Å². The molecular weight excluding hydrogens is 1100 g/mol. The Morgan fingerprint density at radius 1 is 0.395 bits per heavy atom. The summed E-state index contributed by atoms with van der Waals surface area (Å²) < 4.78 is 77.5. The topological polar surface area (TPSA) is 49.4 Å². The molecule has 0 fully saturated rings. The minimum Gasteiger partial charge on any atom is -0.246 e. The van der Waals surface area contributed by atoms with Gasteiger partial charge in [-0.2, -0.15) is 0 Å². The summed E-state index contributed by atoms with van der Waals surface area (Å²) in [5, 5.41) is 0. The second-order valence-electron chi connectivity index (χ2n) is 8.72. The van der Waals surface area contributed by atoms with Gasteiger partial charge in [0, 0.05) is 5.57 Å². The van der Waals surface area contributed by atoms with Crippen LogP contribution in [0.4, 0.5) is 22.0 Å². The fourth-order valence-electron chi connectivity index (χ4n) is 4.24. The number of hydrogen-bond acceptors (Lipinski definition) is 4. The number of halogens is 13. The van der Waals surface area contributed by atoms with E-state index in [0.717, 1.165) is 0 Å². The molecular formula is C26H3Br8F5N4. The Kier molecular flexibility index (Phi) is 8.88. The van der Waals surface area contributed by atoms with Gasteiger partial charge < -0.3 is 0 Å². The minimum atomic E-state index is -2.29. The Bertz CT molecular complexity index is 2010. The van der Waals surface area contributed by atoms with Crippen LogP contribution in [0.15, 0.2) is 96.8 Å². The lowest BCUT2D eigenvalue weighted by molar-refractivity contribution is 0.376. The third-order valence-electron chi connectivity index (χ3n) is 6.24. The van der Waals surface area contributed by atoms with Gasteiger partial charge in [0.1, 0.15) is 0 Å². The fourth-order valence-corrected chi connectivity index (χ4v) is 7.63. The fraction of sp³-hybridized carbons (Fsp3) is 0. The molecule has 0 radical (unpaired) electrons. The van der Waals surface area contributed by atoms with Gasteiger partial charge in [0.25, 0.3) is 0 Å². The Hall–Kier alpha value is -0.690. The van der Waals surface area contributed by atoms with Crippen molar-refractivity contribution < 1.29 is 22.0 Å². The molecule has 0 saturated heterocycles. The van der Waals surface area contributed by atoms with Crippen LogP contribution in [0.1, 0.15) is 5.56 Å². The van der Waals surface area contributed by atoms with Crippen LogP contribution in [0.5, 0.6) is 0 Å². The summed E-state index contributed by atoms with van der Waals surface area (Å²) in [5.41, 5.74) is 0.368. The first-order valence-electron chi connectivity index (χ1n) is 11.2. The first-order valence-corrected chi connectivity index (χ1v) is 17.6. The summed E-state index contributed by atoms with van der Waals surface area (Å²) in [6, 6.07) is 0. The first kappa shape index (κ1) is 32.3. The van der Waals surface area contributed by atoms with Gasteiger partial charge in [0.15, 0.2) is 23.3 Å². The number of benzene rings is 1. The Labute approximate surface area is 306 Å². The molecule has 218 valence electrons. The van der Waals surface area contributed by atoms with Gasteiger partial charge in [0.2, 0.25) is 5.82 Å². The molecule has 1 aromatic carbocycles. The Balaban J connectivity index is 1.77. The summed E-state index contributed by atoms with van der Waals surface area (Å²) in [4.78, 5) is 18.4. The highest BCUT2D eigenvalue weighted by molar-refractivity contribution is 9.15. The summed E-state index contributed by atoms with van der Waals surface area (Å²) in [5.74, 6) is -10.6. The van der Waals surface area contributed by atoms with Gasteiger partial charge >= 0.3 is 0 Å². The SMILES string of the molecule is Fc1c(F)c(F)c(C2=C3N=C(C=C4N=C(C=C5N=C(C=C6N=C2C(Br)=C6Br)C(Br)=C5Br)C(Br)=C4Br)C(Br)=C3Br)c(F)c1F. The zero-order valence-corrected chi connectivity index (χ0v) is 32.6. The summed E-state index contributed by atoms with van der Waals surface area (Å²) in [6.45, 7) is 0. The van der Waals surface area contributed by atoms with E-state index in [1.807, 2.05) is 0 Å². The molecule has 8 bridgehead atoms. The molecule has 17 heteroatoms. The van der Waals surface area contributed by atoms with Crippen LogP contribution in [0.2, 0.25) is 0 Å². The van der Waals surface area contributed by atoms with Crippen molar-refractivity contribution in [3.63, 3.8) is 0 Å². The van der Waals surface area contributed by atoms with E-state index < -0.39 is 40.2 Å². The largest absolute Gasteiger partial charge is 0.246 e. The van der Waals surface area contributed by atoms with E-state index in [-0.39, 0.29) is 31.8 Å². The third-order valence-corrected chi connectivity index (χ3v) is 14.7. The zero-order valence-electron chi connectivity index (χ0n) is 19.9. The zero-order chi connectivity index (χ0) is 31.2. The molecule has 43 heavy (non-hydrogen) atoms. The molecule has 0 aliphatic carbocycles. The molecule has 5 aliphatic heterocycles. The van der Waals surface area contributed by atoms with Crippen molar-refractivity contribution >= 4 is 156 Å². The van der Waals surface area contributed by atoms with Gasteiger partial charge in [-0.1, -0.05) is 0 Å². The number of allylic oxidation sites excluding steroid dienone is 12. The predicted octanol–water partition coefficient (Wildman–Crippen LogP) is 11.6. The molecule has 0 unspecified atom stereocenters. The van der Waals surface area contributed by atoms with E-state index >= 15 is 8.78 Å². The van der Waals surface area contributed by atoms with Crippen LogP contribution in [0, 0.1) is 29.1 Å². The number of hydrogen-bond donors (Lipinski definition) is 0. The van der Waals surface area contributed by atoms with Crippen LogP contribution in [-0.4, -0.2) is 22.8 Å². The summed E-state index contributed by atoms with van der Waals surface area (Å²) in [6.07, 6.45) is 4.90. The van der Waals surface area contributed by atoms with E-state index in [0.29, 0.717) is 49.7 Å². The van der Waals surface area contributed by atoms with E-state index in [2.05, 4.69) is 147 Å². The van der Waals surface area contributed by atoms with Crippen LogP contribution >= 0.6 is 127 Å². The second-order valence-corrected chi connectivity index (χ2v) is 15.1. The molecule has 5 aliphatic rings. The van der Waals surface area contributed by atoms with Crippen LogP contribution in [0.3, 0.4) is 0 Å². The summed E-state index contributed by atoms with van der Waals surface area (Å²) in [7, 11) is 0. The van der Waals surface area contributed by atoms with Crippen molar-refractivity contribution in [2.45, 2.75) is 0 Å². The molecule has 0 aromatic heterocycles. The first-order chi connectivity index (χ1) is 20.2. The molecule has 0 amide bonds. The van der Waals surface area contributed by atoms with Gasteiger partial charge in [-0.15, -0.1) is 0 Å². The van der Waals surface area contributed by atoms with E-state index in [4.69, 9.17) is 0 Å². The average Bonchev–Trinajstić information content (AvgIpc) is 3.61. The highest BCUT2D eigenvalue weighted by Gasteiger charge is 2.37. The smallest absolute Gasteiger partial charge is 0.200 e. The van der Waals surface area contributed by atoms with Crippen molar-refractivity contribution in [2.24, 2.45) is 20.0 Å². The number of fused-ring (bicyclic) bond motifs is 4. The molecule has 0 saturated carbocycles. The van der Waals surface area contributed by atoms with Crippen LogP contribution in [0.25, 0.3) is 5.57 Å². The van der Waals surface area contributed by atoms with E-state index in [1.165, 1.54) is 0 Å². The van der Waals surface area contributed by atoms with Gasteiger partial charge in [0.05, 0.1) is 87.1 Å². The van der Waals surface area contributed by atoms with Crippen LogP contribution in [-0.2, 0) is 0 Å². The average molecular weight is 1110 g/mol. The van der Waals surface area contributed by atoms with Crippen LogP contribution < -0.4 is 0 Å². The highest BCUT2D eigenvalue weighted by atomic mass is 79.9. The highest BCUT2D eigenvalue weighted by Crippen LogP contribution is 2.47.